The van der Waals surface area contributed by atoms with Crippen LogP contribution in [0.2, 0.25) is 0 Å². The highest BCUT2D eigenvalue weighted by Gasteiger charge is 2.36. The van der Waals surface area contributed by atoms with Crippen molar-refractivity contribution in [1.82, 2.24) is 0 Å². The molecule has 39 heavy (non-hydrogen) atoms. The smallest absolute Gasteiger partial charge is 0.161 e. The Morgan fingerprint density at radius 1 is 0.795 bits per heavy atom. The fourth-order valence-electron chi connectivity index (χ4n) is 5.19. The van der Waals surface area contributed by atoms with Crippen molar-refractivity contribution in [3.8, 4) is 28.7 Å². The third kappa shape index (κ3) is 6.67. The molecule has 0 aromatic heterocycles. The zero-order valence-electron chi connectivity index (χ0n) is 23.3. The Kier molecular flexibility index (Phi) is 9.74. The molecule has 1 heterocycles. The second-order valence-corrected chi connectivity index (χ2v) is 9.59. The summed E-state index contributed by atoms with van der Waals surface area (Å²) in [6.45, 7) is 0.447. The van der Waals surface area contributed by atoms with Gasteiger partial charge in [-0.15, -0.1) is 0 Å². The quantitative estimate of drug-likeness (QED) is 0.311. The molecule has 7 heteroatoms. The summed E-state index contributed by atoms with van der Waals surface area (Å²) in [4.78, 5) is 0. The van der Waals surface area contributed by atoms with Gasteiger partial charge in [-0.1, -0.05) is 36.4 Å². The van der Waals surface area contributed by atoms with Crippen LogP contribution in [0.25, 0.3) is 6.08 Å². The van der Waals surface area contributed by atoms with Crippen molar-refractivity contribution in [3.63, 3.8) is 0 Å². The number of hydrogen-bond acceptors (Lipinski definition) is 7. The summed E-state index contributed by atoms with van der Waals surface area (Å²) in [6, 6.07) is 19.3. The lowest BCUT2D eigenvalue weighted by Gasteiger charge is -2.38. The van der Waals surface area contributed by atoms with Crippen molar-refractivity contribution in [2.45, 2.75) is 25.0 Å². The molecule has 4 rings (SSSR count). The Balaban J connectivity index is 1.57. The Bertz CT molecular complexity index is 1240. The zero-order chi connectivity index (χ0) is 27.8. The van der Waals surface area contributed by atoms with Gasteiger partial charge in [0, 0.05) is 5.92 Å². The first kappa shape index (κ1) is 28.3. The van der Waals surface area contributed by atoms with E-state index in [1.54, 1.807) is 35.5 Å². The van der Waals surface area contributed by atoms with Crippen molar-refractivity contribution in [3.05, 3.63) is 83.4 Å². The summed E-state index contributed by atoms with van der Waals surface area (Å²) >= 11 is 0. The minimum absolute atomic E-state index is 0.0470. The molecule has 1 aliphatic rings. The van der Waals surface area contributed by atoms with Crippen LogP contribution in [-0.4, -0.2) is 47.3 Å². The molecular formula is C32H38O7. The van der Waals surface area contributed by atoms with Gasteiger partial charge in [0.2, 0.25) is 0 Å². The van der Waals surface area contributed by atoms with E-state index in [0.717, 1.165) is 35.3 Å². The monoisotopic (exact) mass is 534 g/mol. The maximum Gasteiger partial charge on any atom is 0.161 e. The number of hydrogen-bond donors (Lipinski definition) is 1. The van der Waals surface area contributed by atoms with Gasteiger partial charge in [-0.2, -0.15) is 0 Å². The molecule has 3 aromatic rings. The van der Waals surface area contributed by atoms with Gasteiger partial charge in [0.15, 0.2) is 23.0 Å². The summed E-state index contributed by atoms with van der Waals surface area (Å²) in [5.74, 6) is 3.57. The van der Waals surface area contributed by atoms with Gasteiger partial charge in [0.05, 0.1) is 54.4 Å². The summed E-state index contributed by atoms with van der Waals surface area (Å²) in [5.41, 5.74) is 2.89. The van der Waals surface area contributed by atoms with Crippen molar-refractivity contribution >= 4 is 6.08 Å². The van der Waals surface area contributed by atoms with E-state index in [4.69, 9.17) is 28.4 Å². The molecule has 0 unspecified atom stereocenters. The number of aliphatic hydroxyl groups is 1. The molecule has 4 atom stereocenters. The largest absolute Gasteiger partial charge is 0.497 e. The van der Waals surface area contributed by atoms with E-state index >= 15 is 0 Å². The molecule has 0 saturated carbocycles. The van der Waals surface area contributed by atoms with E-state index in [-0.39, 0.29) is 17.9 Å². The lowest BCUT2D eigenvalue weighted by molar-refractivity contribution is -0.0901. The van der Waals surface area contributed by atoms with Gasteiger partial charge in [0.25, 0.3) is 0 Å². The first-order valence-electron chi connectivity index (χ1n) is 13.0. The van der Waals surface area contributed by atoms with Crippen molar-refractivity contribution < 1.29 is 33.5 Å². The summed E-state index contributed by atoms with van der Waals surface area (Å²) in [5, 5.41) is 11.2. The third-order valence-electron chi connectivity index (χ3n) is 7.32. The SMILES string of the molecule is COc1ccc([C@H](O)[C@H]2CO[C@@H](c3ccc(OC)c(OC)c3)[C@H](C/C=C/c3ccc(OC)c(OC)c3)C2)cc1. The molecule has 3 aromatic carbocycles. The maximum absolute atomic E-state index is 11.2. The van der Waals surface area contributed by atoms with Crippen LogP contribution in [0, 0.1) is 11.8 Å². The second kappa shape index (κ2) is 13.4. The van der Waals surface area contributed by atoms with Crippen molar-refractivity contribution in [2.24, 2.45) is 11.8 Å². The molecule has 1 aliphatic heterocycles. The van der Waals surface area contributed by atoms with E-state index in [2.05, 4.69) is 12.2 Å². The van der Waals surface area contributed by atoms with E-state index in [9.17, 15) is 5.11 Å². The molecule has 0 radical (unpaired) electrons. The topological polar surface area (TPSA) is 75.6 Å². The van der Waals surface area contributed by atoms with Crippen LogP contribution in [0.3, 0.4) is 0 Å². The van der Waals surface area contributed by atoms with E-state index in [1.165, 1.54) is 0 Å². The molecule has 0 bridgehead atoms. The number of rotatable bonds is 11. The molecule has 1 N–H and O–H groups in total. The predicted octanol–water partition coefficient (Wildman–Crippen LogP) is 6.26. The average Bonchev–Trinajstić information content (AvgIpc) is 3.00. The van der Waals surface area contributed by atoms with Crippen LogP contribution in [-0.2, 0) is 4.74 Å². The van der Waals surface area contributed by atoms with Crippen LogP contribution in [0.4, 0.5) is 0 Å². The van der Waals surface area contributed by atoms with Crippen LogP contribution in [0.5, 0.6) is 28.7 Å². The molecule has 1 saturated heterocycles. The van der Waals surface area contributed by atoms with E-state index in [0.29, 0.717) is 29.6 Å². The Morgan fingerprint density at radius 3 is 2.08 bits per heavy atom. The zero-order valence-corrected chi connectivity index (χ0v) is 23.3. The fourth-order valence-corrected chi connectivity index (χ4v) is 5.19. The Morgan fingerprint density at radius 2 is 1.44 bits per heavy atom. The van der Waals surface area contributed by atoms with Crippen LogP contribution in [0.1, 0.15) is 41.7 Å². The second-order valence-electron chi connectivity index (χ2n) is 9.59. The number of aliphatic hydroxyl groups excluding tert-OH is 1. The highest BCUT2D eigenvalue weighted by atomic mass is 16.5. The standard InChI is InChI=1S/C32H38O7/c1-34-26-13-10-22(11-14-26)31(33)25-18-23(8-6-7-21-9-15-27(35-2)29(17-21)37-4)32(39-20-25)24-12-16-28(36-3)30(19-24)38-5/h6-7,9-17,19,23,25,31-33H,8,18,20H2,1-5H3/b7-6+/t23-,25-,31+,32-/m1/s1. The predicted molar refractivity (Wildman–Crippen MR) is 151 cm³/mol. The summed E-state index contributed by atoms with van der Waals surface area (Å²) < 4.78 is 33.5. The minimum atomic E-state index is -0.639. The average molecular weight is 535 g/mol. The fraction of sp³-hybridized carbons (Fsp3) is 0.375. The first-order chi connectivity index (χ1) is 19.0. The summed E-state index contributed by atoms with van der Waals surface area (Å²) in [7, 11) is 8.15. The minimum Gasteiger partial charge on any atom is -0.497 e. The molecule has 208 valence electrons. The van der Waals surface area contributed by atoms with Gasteiger partial charge < -0.3 is 33.5 Å². The normalized spacial score (nSPS) is 19.9. The summed E-state index contributed by atoms with van der Waals surface area (Å²) in [6.07, 6.45) is 5.00. The van der Waals surface area contributed by atoms with Gasteiger partial charge >= 0.3 is 0 Å². The Hall–Kier alpha value is -3.68. The number of benzene rings is 3. The highest BCUT2D eigenvalue weighted by Crippen LogP contribution is 2.44. The van der Waals surface area contributed by atoms with Gasteiger partial charge in [-0.25, -0.2) is 0 Å². The van der Waals surface area contributed by atoms with Crippen molar-refractivity contribution in [2.75, 3.05) is 42.2 Å². The molecular weight excluding hydrogens is 496 g/mol. The molecule has 0 aliphatic carbocycles. The van der Waals surface area contributed by atoms with Crippen LogP contribution in [0.15, 0.2) is 66.7 Å². The highest BCUT2D eigenvalue weighted by molar-refractivity contribution is 5.56. The maximum atomic E-state index is 11.2. The Labute approximate surface area is 230 Å². The third-order valence-corrected chi connectivity index (χ3v) is 7.32. The lowest BCUT2D eigenvalue weighted by Crippen LogP contribution is -2.32. The van der Waals surface area contributed by atoms with Crippen LogP contribution < -0.4 is 23.7 Å². The molecule has 7 nitrogen and oxygen atoms in total. The van der Waals surface area contributed by atoms with E-state index in [1.807, 2.05) is 60.7 Å². The lowest BCUT2D eigenvalue weighted by atomic mass is 9.79. The number of methoxy groups -OCH3 is 5. The first-order valence-corrected chi connectivity index (χ1v) is 13.0. The molecule has 0 amide bonds. The van der Waals surface area contributed by atoms with E-state index < -0.39 is 6.10 Å². The molecule has 1 fully saturated rings. The van der Waals surface area contributed by atoms with Crippen LogP contribution >= 0.6 is 0 Å². The van der Waals surface area contributed by atoms with Crippen molar-refractivity contribution in [1.29, 1.82) is 0 Å². The number of ether oxygens (including phenoxy) is 6. The molecule has 0 spiro atoms. The van der Waals surface area contributed by atoms with Gasteiger partial charge in [0.1, 0.15) is 5.75 Å². The van der Waals surface area contributed by atoms with Gasteiger partial charge in [-0.3, -0.25) is 0 Å². The number of allylic oxidation sites excluding steroid dienone is 1. The van der Waals surface area contributed by atoms with Gasteiger partial charge in [-0.05, 0) is 71.8 Å².